The van der Waals surface area contributed by atoms with E-state index >= 15 is 0 Å². The molecule has 0 aromatic rings. The average molecular weight is 246 g/mol. The van der Waals surface area contributed by atoms with Crippen molar-refractivity contribution >= 4 is 0 Å². The second-order valence-corrected chi connectivity index (χ2v) is 4.37. The number of hydrogen-bond acceptors (Lipinski definition) is 1. The SMILES string of the molecule is CCCCCCCC=CCC#CC#C[C@@H](O)CC. The van der Waals surface area contributed by atoms with Crippen LogP contribution in [0.3, 0.4) is 0 Å². The van der Waals surface area contributed by atoms with Gasteiger partial charge in [0.15, 0.2) is 0 Å². The minimum atomic E-state index is -0.530. The van der Waals surface area contributed by atoms with Gasteiger partial charge < -0.3 is 5.11 Å². The first-order valence-electron chi connectivity index (χ1n) is 7.12. The molecule has 0 aliphatic heterocycles. The van der Waals surface area contributed by atoms with Gasteiger partial charge in [0.2, 0.25) is 0 Å². The first-order chi connectivity index (χ1) is 8.81. The third-order valence-electron chi connectivity index (χ3n) is 2.64. The highest BCUT2D eigenvalue weighted by atomic mass is 16.3. The van der Waals surface area contributed by atoms with Crippen LogP contribution in [-0.4, -0.2) is 11.2 Å². The maximum Gasteiger partial charge on any atom is 0.115 e. The second-order valence-electron chi connectivity index (χ2n) is 4.37. The van der Waals surface area contributed by atoms with E-state index in [0.29, 0.717) is 6.42 Å². The monoisotopic (exact) mass is 246 g/mol. The molecular formula is C17H26O. The maximum absolute atomic E-state index is 9.16. The molecular weight excluding hydrogens is 220 g/mol. The largest absolute Gasteiger partial charge is 0.380 e. The minimum absolute atomic E-state index is 0.530. The van der Waals surface area contributed by atoms with Gasteiger partial charge >= 0.3 is 0 Å². The van der Waals surface area contributed by atoms with E-state index in [0.717, 1.165) is 12.8 Å². The van der Waals surface area contributed by atoms with Crippen LogP contribution in [0.2, 0.25) is 0 Å². The molecule has 0 rings (SSSR count). The third kappa shape index (κ3) is 12.9. The molecule has 0 aliphatic rings. The lowest BCUT2D eigenvalue weighted by molar-refractivity contribution is 0.228. The van der Waals surface area contributed by atoms with Crippen LogP contribution in [0.15, 0.2) is 12.2 Å². The van der Waals surface area contributed by atoms with E-state index in [2.05, 4.69) is 42.8 Å². The van der Waals surface area contributed by atoms with Gasteiger partial charge in [-0.25, -0.2) is 0 Å². The summed E-state index contributed by atoms with van der Waals surface area (Å²) in [4.78, 5) is 0. The lowest BCUT2D eigenvalue weighted by Gasteiger charge is -1.95. The lowest BCUT2D eigenvalue weighted by Crippen LogP contribution is -1.98. The van der Waals surface area contributed by atoms with E-state index in [9.17, 15) is 0 Å². The van der Waals surface area contributed by atoms with Gasteiger partial charge in [0.25, 0.3) is 0 Å². The van der Waals surface area contributed by atoms with E-state index in [-0.39, 0.29) is 0 Å². The van der Waals surface area contributed by atoms with Crippen molar-refractivity contribution in [2.24, 2.45) is 0 Å². The zero-order valence-corrected chi connectivity index (χ0v) is 11.8. The van der Waals surface area contributed by atoms with Crippen molar-refractivity contribution in [3.8, 4) is 23.7 Å². The summed E-state index contributed by atoms with van der Waals surface area (Å²) in [6, 6.07) is 0. The molecule has 1 atom stereocenters. The Balaban J connectivity index is 3.47. The van der Waals surface area contributed by atoms with Gasteiger partial charge in [-0.1, -0.05) is 63.5 Å². The van der Waals surface area contributed by atoms with Crippen LogP contribution in [-0.2, 0) is 0 Å². The molecule has 0 saturated heterocycles. The Bertz CT molecular complexity index is 319. The minimum Gasteiger partial charge on any atom is -0.380 e. The zero-order valence-electron chi connectivity index (χ0n) is 11.8. The van der Waals surface area contributed by atoms with Crippen LogP contribution in [0.25, 0.3) is 0 Å². The molecule has 0 unspecified atom stereocenters. The summed E-state index contributed by atoms with van der Waals surface area (Å²) >= 11 is 0. The highest BCUT2D eigenvalue weighted by molar-refractivity contribution is 5.27. The smallest absolute Gasteiger partial charge is 0.115 e. The Kier molecular flexibility index (Phi) is 13.0. The van der Waals surface area contributed by atoms with Gasteiger partial charge in [-0.2, -0.15) is 0 Å². The van der Waals surface area contributed by atoms with Gasteiger partial charge in [0.1, 0.15) is 6.10 Å². The molecule has 0 radical (unpaired) electrons. The number of rotatable bonds is 8. The molecule has 0 fully saturated rings. The molecule has 1 nitrogen and oxygen atoms in total. The average Bonchev–Trinajstić information content (AvgIpc) is 2.39. The number of hydrogen-bond donors (Lipinski definition) is 1. The fourth-order valence-corrected chi connectivity index (χ4v) is 1.44. The zero-order chi connectivity index (χ0) is 13.5. The first kappa shape index (κ1) is 16.8. The van der Waals surface area contributed by atoms with Crippen molar-refractivity contribution < 1.29 is 5.11 Å². The van der Waals surface area contributed by atoms with Crippen LogP contribution in [0.1, 0.15) is 65.2 Å². The van der Waals surface area contributed by atoms with Crippen molar-refractivity contribution in [1.82, 2.24) is 0 Å². The summed E-state index contributed by atoms with van der Waals surface area (Å²) in [6.07, 6.45) is 13.0. The summed E-state index contributed by atoms with van der Waals surface area (Å²) < 4.78 is 0. The van der Waals surface area contributed by atoms with E-state index in [1.165, 1.54) is 32.1 Å². The van der Waals surface area contributed by atoms with E-state index in [1.54, 1.807) is 0 Å². The number of aliphatic hydroxyl groups is 1. The maximum atomic E-state index is 9.16. The van der Waals surface area contributed by atoms with Crippen LogP contribution in [0.4, 0.5) is 0 Å². The topological polar surface area (TPSA) is 20.2 Å². The van der Waals surface area contributed by atoms with Crippen molar-refractivity contribution in [3.63, 3.8) is 0 Å². The predicted octanol–water partition coefficient (Wildman–Crippen LogP) is 4.07. The molecule has 18 heavy (non-hydrogen) atoms. The Morgan fingerprint density at radius 2 is 1.78 bits per heavy atom. The van der Waals surface area contributed by atoms with Gasteiger partial charge in [0, 0.05) is 6.42 Å². The van der Waals surface area contributed by atoms with Crippen molar-refractivity contribution in [2.75, 3.05) is 0 Å². The molecule has 1 N–H and O–H groups in total. The number of allylic oxidation sites excluding steroid dienone is 2. The van der Waals surface area contributed by atoms with Crippen molar-refractivity contribution in [2.45, 2.75) is 71.3 Å². The molecule has 0 aliphatic carbocycles. The summed E-state index contributed by atoms with van der Waals surface area (Å²) in [5.41, 5.74) is 0. The van der Waals surface area contributed by atoms with Gasteiger partial charge in [-0.05, 0) is 31.1 Å². The highest BCUT2D eigenvalue weighted by Crippen LogP contribution is 2.05. The van der Waals surface area contributed by atoms with E-state index in [4.69, 9.17) is 5.11 Å². The molecule has 0 spiro atoms. The molecule has 0 aromatic carbocycles. The molecule has 0 bridgehead atoms. The molecule has 0 heterocycles. The summed E-state index contributed by atoms with van der Waals surface area (Å²) in [5, 5.41) is 9.16. The molecule has 1 heteroatoms. The second kappa shape index (κ2) is 13.9. The van der Waals surface area contributed by atoms with Crippen molar-refractivity contribution in [1.29, 1.82) is 0 Å². The van der Waals surface area contributed by atoms with E-state index < -0.39 is 6.10 Å². The van der Waals surface area contributed by atoms with Crippen LogP contribution in [0, 0.1) is 23.7 Å². The number of unbranched alkanes of at least 4 members (excludes halogenated alkanes) is 5. The lowest BCUT2D eigenvalue weighted by atomic mass is 10.1. The Hall–Kier alpha value is -1.18. The van der Waals surface area contributed by atoms with Crippen LogP contribution >= 0.6 is 0 Å². The van der Waals surface area contributed by atoms with Gasteiger partial charge in [-0.15, -0.1) is 0 Å². The first-order valence-corrected chi connectivity index (χ1v) is 7.12. The Morgan fingerprint density at radius 1 is 1.00 bits per heavy atom. The quantitative estimate of drug-likeness (QED) is 0.389. The standard InChI is InChI=1S/C17H26O/c1-3-5-6-7-8-9-10-11-12-13-14-15-16-17(18)4-2/h10-11,17-18H,3-9,12H2,1-2H3/t17-/m0/s1. The number of aliphatic hydroxyl groups excluding tert-OH is 1. The Labute approximate surface area is 113 Å². The fourth-order valence-electron chi connectivity index (χ4n) is 1.44. The molecule has 0 saturated carbocycles. The summed E-state index contributed by atoms with van der Waals surface area (Å²) in [5.74, 6) is 11.0. The van der Waals surface area contributed by atoms with Crippen molar-refractivity contribution in [3.05, 3.63) is 12.2 Å². The van der Waals surface area contributed by atoms with Crippen LogP contribution in [0.5, 0.6) is 0 Å². The molecule has 0 amide bonds. The van der Waals surface area contributed by atoms with Crippen LogP contribution < -0.4 is 0 Å². The van der Waals surface area contributed by atoms with Gasteiger partial charge in [0.05, 0.1) is 0 Å². The molecule has 100 valence electrons. The Morgan fingerprint density at radius 3 is 2.50 bits per heavy atom. The van der Waals surface area contributed by atoms with Gasteiger partial charge in [-0.3, -0.25) is 0 Å². The van der Waals surface area contributed by atoms with E-state index in [1.807, 2.05) is 6.92 Å². The fraction of sp³-hybridized carbons (Fsp3) is 0.647. The predicted molar refractivity (Wildman–Crippen MR) is 79.0 cm³/mol. The summed E-state index contributed by atoms with van der Waals surface area (Å²) in [7, 11) is 0. The highest BCUT2D eigenvalue weighted by Gasteiger charge is 1.89. The third-order valence-corrected chi connectivity index (χ3v) is 2.64. The normalized spacial score (nSPS) is 11.5. The molecule has 0 aromatic heterocycles. The summed E-state index contributed by atoms with van der Waals surface area (Å²) in [6.45, 7) is 4.14.